The molecule has 0 aliphatic carbocycles. The van der Waals surface area contributed by atoms with Crippen molar-refractivity contribution >= 4 is 6.21 Å². The van der Waals surface area contributed by atoms with Crippen molar-refractivity contribution in [1.29, 1.82) is 0 Å². The van der Waals surface area contributed by atoms with Gasteiger partial charge in [-0.3, -0.25) is 0 Å². The fraction of sp³-hybridized carbons (Fsp3) is 0.188. The van der Waals surface area contributed by atoms with Crippen LogP contribution in [-0.4, -0.2) is 6.21 Å². The summed E-state index contributed by atoms with van der Waals surface area (Å²) >= 11 is 0. The van der Waals surface area contributed by atoms with Gasteiger partial charge in [0, 0.05) is 5.56 Å². The SMILES string of the molecule is Cc1cccc(CO/N=[C]\c2cccc(C(F)(F)F)c2)c1. The number of hydrogen-bond acceptors (Lipinski definition) is 2. The van der Waals surface area contributed by atoms with Gasteiger partial charge in [0.05, 0.1) is 5.56 Å². The van der Waals surface area contributed by atoms with Gasteiger partial charge in [-0.15, -0.1) is 0 Å². The molecule has 2 nitrogen and oxygen atoms in total. The van der Waals surface area contributed by atoms with Gasteiger partial charge < -0.3 is 4.84 Å². The Balaban J connectivity index is 1.96. The van der Waals surface area contributed by atoms with Gasteiger partial charge in [0.15, 0.2) is 0 Å². The lowest BCUT2D eigenvalue weighted by Gasteiger charge is -2.06. The lowest BCUT2D eigenvalue weighted by molar-refractivity contribution is -0.137. The van der Waals surface area contributed by atoms with E-state index >= 15 is 0 Å². The Hall–Kier alpha value is -2.30. The summed E-state index contributed by atoms with van der Waals surface area (Å²) < 4.78 is 37.6. The molecule has 0 amide bonds. The second kappa shape index (κ2) is 6.43. The van der Waals surface area contributed by atoms with Gasteiger partial charge >= 0.3 is 6.18 Å². The van der Waals surface area contributed by atoms with E-state index in [1.165, 1.54) is 12.1 Å². The predicted octanol–water partition coefficient (Wildman–Crippen LogP) is 4.44. The number of nitrogens with zero attached hydrogens (tertiary/aromatic N) is 1. The molecular formula is C16H13F3NO. The highest BCUT2D eigenvalue weighted by atomic mass is 19.4. The summed E-state index contributed by atoms with van der Waals surface area (Å²) in [7, 11) is 0. The van der Waals surface area contributed by atoms with Crippen LogP contribution in [0.15, 0.2) is 53.7 Å². The first-order valence-electron chi connectivity index (χ1n) is 6.26. The van der Waals surface area contributed by atoms with Crippen molar-refractivity contribution < 1.29 is 18.0 Å². The summed E-state index contributed by atoms with van der Waals surface area (Å²) in [6.07, 6.45) is -1.93. The minimum absolute atomic E-state index is 0.217. The number of benzene rings is 2. The van der Waals surface area contributed by atoms with Crippen molar-refractivity contribution in [2.24, 2.45) is 5.16 Å². The standard InChI is InChI=1S/C16H13F3NO/c1-12-4-2-6-14(8-12)11-21-20-10-13-5-3-7-15(9-13)16(17,18)19/h2-9H,11H2,1H3. The van der Waals surface area contributed by atoms with Crippen molar-refractivity contribution in [2.75, 3.05) is 0 Å². The van der Waals surface area contributed by atoms with Crippen LogP contribution in [-0.2, 0) is 17.6 Å². The van der Waals surface area contributed by atoms with Gasteiger partial charge in [-0.2, -0.15) is 13.2 Å². The average Bonchev–Trinajstić information content (AvgIpc) is 2.43. The predicted molar refractivity (Wildman–Crippen MR) is 73.9 cm³/mol. The molecule has 0 saturated carbocycles. The molecule has 0 aliphatic heterocycles. The summed E-state index contributed by atoms with van der Waals surface area (Å²) in [5, 5.41) is 3.57. The van der Waals surface area contributed by atoms with E-state index in [1.54, 1.807) is 0 Å². The van der Waals surface area contributed by atoms with E-state index in [-0.39, 0.29) is 12.2 Å². The van der Waals surface area contributed by atoms with E-state index in [2.05, 4.69) is 11.4 Å². The Morgan fingerprint density at radius 1 is 1.10 bits per heavy atom. The Kier molecular flexibility index (Phi) is 4.62. The summed E-state index contributed by atoms with van der Waals surface area (Å²) in [5.74, 6) is 0. The Morgan fingerprint density at radius 2 is 1.86 bits per heavy atom. The first kappa shape index (κ1) is 15.1. The molecule has 0 N–H and O–H groups in total. The minimum Gasteiger partial charge on any atom is -0.390 e. The van der Waals surface area contributed by atoms with Crippen LogP contribution in [0.2, 0.25) is 0 Å². The lowest BCUT2D eigenvalue weighted by atomic mass is 10.1. The van der Waals surface area contributed by atoms with Crippen molar-refractivity contribution in [1.82, 2.24) is 0 Å². The number of rotatable bonds is 4. The van der Waals surface area contributed by atoms with Crippen LogP contribution in [0, 0.1) is 6.92 Å². The molecule has 5 heteroatoms. The van der Waals surface area contributed by atoms with E-state index < -0.39 is 11.7 Å². The highest BCUT2D eigenvalue weighted by Crippen LogP contribution is 2.29. The smallest absolute Gasteiger partial charge is 0.390 e. The molecule has 0 fully saturated rings. The number of aryl methyl sites for hydroxylation is 1. The molecule has 0 saturated heterocycles. The first-order chi connectivity index (χ1) is 9.95. The highest BCUT2D eigenvalue weighted by molar-refractivity contribution is 5.79. The molecule has 0 unspecified atom stereocenters. The Morgan fingerprint density at radius 3 is 2.57 bits per heavy atom. The molecule has 21 heavy (non-hydrogen) atoms. The molecule has 0 aliphatic rings. The highest BCUT2D eigenvalue weighted by Gasteiger charge is 2.30. The summed E-state index contributed by atoms with van der Waals surface area (Å²) in [4.78, 5) is 5.04. The van der Waals surface area contributed by atoms with Crippen molar-refractivity contribution in [3.63, 3.8) is 0 Å². The molecule has 0 heterocycles. The molecule has 0 spiro atoms. The number of hydrogen-bond donors (Lipinski definition) is 0. The molecule has 0 bridgehead atoms. The van der Waals surface area contributed by atoms with Gasteiger partial charge in [-0.05, 0) is 24.6 Å². The average molecular weight is 292 g/mol. The zero-order valence-electron chi connectivity index (χ0n) is 11.3. The topological polar surface area (TPSA) is 21.6 Å². The fourth-order valence-corrected chi connectivity index (χ4v) is 1.76. The van der Waals surface area contributed by atoms with Crippen LogP contribution in [0.4, 0.5) is 13.2 Å². The fourth-order valence-electron chi connectivity index (χ4n) is 1.76. The molecule has 0 aromatic heterocycles. The summed E-state index contributed by atoms with van der Waals surface area (Å²) in [6.45, 7) is 2.20. The summed E-state index contributed by atoms with van der Waals surface area (Å²) in [5.41, 5.74) is 1.52. The third-order valence-electron chi connectivity index (χ3n) is 2.74. The maximum Gasteiger partial charge on any atom is 0.416 e. The molecular weight excluding hydrogens is 279 g/mol. The largest absolute Gasteiger partial charge is 0.416 e. The third kappa shape index (κ3) is 4.63. The van der Waals surface area contributed by atoms with Crippen LogP contribution < -0.4 is 0 Å². The third-order valence-corrected chi connectivity index (χ3v) is 2.74. The Bertz CT molecular complexity index is 635. The van der Waals surface area contributed by atoms with Gasteiger partial charge in [0.25, 0.3) is 0 Å². The molecule has 2 rings (SSSR count). The van der Waals surface area contributed by atoms with Gasteiger partial charge in [0.1, 0.15) is 12.8 Å². The van der Waals surface area contributed by atoms with Crippen LogP contribution >= 0.6 is 0 Å². The van der Waals surface area contributed by atoms with Crippen LogP contribution in [0.25, 0.3) is 0 Å². The van der Waals surface area contributed by atoms with Crippen molar-refractivity contribution in [2.45, 2.75) is 19.7 Å². The van der Waals surface area contributed by atoms with E-state index in [4.69, 9.17) is 4.84 Å². The quantitative estimate of drug-likeness (QED) is 0.603. The van der Waals surface area contributed by atoms with Crippen molar-refractivity contribution in [3.8, 4) is 0 Å². The second-order valence-corrected chi connectivity index (χ2v) is 4.54. The lowest BCUT2D eigenvalue weighted by Crippen LogP contribution is -2.05. The van der Waals surface area contributed by atoms with Crippen molar-refractivity contribution in [3.05, 3.63) is 70.8 Å². The van der Waals surface area contributed by atoms with Crippen LogP contribution in [0.3, 0.4) is 0 Å². The number of alkyl halides is 3. The molecule has 2 aromatic carbocycles. The molecule has 2 aromatic rings. The van der Waals surface area contributed by atoms with Crippen LogP contribution in [0.5, 0.6) is 0 Å². The van der Waals surface area contributed by atoms with Gasteiger partial charge in [0.2, 0.25) is 0 Å². The van der Waals surface area contributed by atoms with Gasteiger partial charge in [-0.1, -0.05) is 47.1 Å². The Labute approximate surface area is 120 Å². The zero-order chi connectivity index (χ0) is 15.3. The monoisotopic (exact) mass is 292 g/mol. The van der Waals surface area contributed by atoms with Crippen LogP contribution in [0.1, 0.15) is 22.3 Å². The number of halogens is 3. The molecule has 0 atom stereocenters. The van der Waals surface area contributed by atoms with Gasteiger partial charge in [-0.25, -0.2) is 0 Å². The zero-order valence-corrected chi connectivity index (χ0v) is 11.3. The van der Waals surface area contributed by atoms with E-state index in [0.717, 1.165) is 23.3 Å². The first-order valence-corrected chi connectivity index (χ1v) is 6.26. The maximum absolute atomic E-state index is 12.5. The molecule has 109 valence electrons. The minimum atomic E-state index is -4.37. The van der Waals surface area contributed by atoms with E-state index in [1.807, 2.05) is 31.2 Å². The second-order valence-electron chi connectivity index (χ2n) is 4.54. The maximum atomic E-state index is 12.5. The normalized spacial score (nSPS) is 11.8. The van der Waals surface area contributed by atoms with E-state index in [9.17, 15) is 13.2 Å². The summed E-state index contributed by atoms with van der Waals surface area (Å²) in [6, 6.07) is 12.4. The molecule has 1 radical (unpaired) electrons. The van der Waals surface area contributed by atoms with E-state index in [0.29, 0.717) is 0 Å².